The molecule has 1 N–H and O–H groups in total. The molecule has 0 aliphatic heterocycles. The molecule has 0 aliphatic carbocycles. The smallest absolute Gasteiger partial charge is 0.289 e. The molecule has 134 valence electrons. The summed E-state index contributed by atoms with van der Waals surface area (Å²) in [5.74, 6) is 0. The van der Waals surface area contributed by atoms with E-state index in [4.69, 9.17) is 4.74 Å². The Kier molecular flexibility index (Phi) is 5.89. The first-order valence-electron chi connectivity index (χ1n) is 7.70. The zero-order chi connectivity index (χ0) is 18.5. The van der Waals surface area contributed by atoms with E-state index in [1.165, 1.54) is 25.3 Å². The van der Waals surface area contributed by atoms with E-state index in [0.717, 1.165) is 11.6 Å². The number of methoxy groups -OCH3 is 1. The SMILES string of the molecule is CCC(CNS(=O)(=O)c1ccccc1[N+](=O)[O-])(OC)c1ccccc1. The normalized spacial score (nSPS) is 14.0. The molecule has 0 aromatic heterocycles. The predicted octanol–water partition coefficient (Wildman–Crippen LogP) is 2.83. The number of nitro groups is 1. The van der Waals surface area contributed by atoms with Gasteiger partial charge in [-0.05, 0) is 18.1 Å². The van der Waals surface area contributed by atoms with E-state index in [0.29, 0.717) is 6.42 Å². The highest BCUT2D eigenvalue weighted by Gasteiger charge is 2.33. The van der Waals surface area contributed by atoms with E-state index < -0.39 is 26.2 Å². The number of nitrogens with zero attached hydrogens (tertiary/aromatic N) is 1. The quantitative estimate of drug-likeness (QED) is 0.574. The summed E-state index contributed by atoms with van der Waals surface area (Å²) < 4.78 is 33.3. The van der Waals surface area contributed by atoms with Gasteiger partial charge in [-0.1, -0.05) is 49.4 Å². The molecule has 8 heteroatoms. The van der Waals surface area contributed by atoms with Crippen LogP contribution in [0.1, 0.15) is 18.9 Å². The maximum Gasteiger partial charge on any atom is 0.289 e. The summed E-state index contributed by atoms with van der Waals surface area (Å²) in [5.41, 5.74) is -0.503. The third-order valence-corrected chi connectivity index (χ3v) is 5.61. The molecular formula is C17H20N2O5S. The highest BCUT2D eigenvalue weighted by molar-refractivity contribution is 7.89. The molecule has 1 atom stereocenters. The molecule has 2 aromatic carbocycles. The highest BCUT2D eigenvalue weighted by atomic mass is 32.2. The van der Waals surface area contributed by atoms with Crippen LogP contribution in [0.25, 0.3) is 0 Å². The Morgan fingerprint density at radius 2 is 1.72 bits per heavy atom. The number of nitro benzene ring substituents is 1. The van der Waals surface area contributed by atoms with Crippen molar-refractivity contribution < 1.29 is 18.1 Å². The molecule has 0 fully saturated rings. The Bertz CT molecular complexity index is 833. The van der Waals surface area contributed by atoms with Crippen LogP contribution in [0, 0.1) is 10.1 Å². The molecule has 0 aliphatic rings. The number of nitrogens with one attached hydrogen (secondary N) is 1. The second-order valence-corrected chi connectivity index (χ2v) is 7.20. The topological polar surface area (TPSA) is 98.5 Å². The molecule has 0 radical (unpaired) electrons. The number of hydrogen-bond acceptors (Lipinski definition) is 5. The fourth-order valence-corrected chi connectivity index (χ4v) is 3.89. The number of sulfonamides is 1. The summed E-state index contributed by atoms with van der Waals surface area (Å²) >= 11 is 0. The van der Waals surface area contributed by atoms with E-state index in [1.807, 2.05) is 37.3 Å². The second kappa shape index (κ2) is 7.73. The molecule has 7 nitrogen and oxygen atoms in total. The van der Waals surface area contributed by atoms with Crippen LogP contribution in [-0.4, -0.2) is 27.0 Å². The summed E-state index contributed by atoms with van der Waals surface area (Å²) in [6.07, 6.45) is 0.521. The van der Waals surface area contributed by atoms with Gasteiger partial charge in [-0.25, -0.2) is 13.1 Å². The largest absolute Gasteiger partial charge is 0.372 e. The lowest BCUT2D eigenvalue weighted by Gasteiger charge is -2.32. The molecule has 0 saturated carbocycles. The third-order valence-electron chi connectivity index (χ3n) is 4.16. The highest BCUT2D eigenvalue weighted by Crippen LogP contribution is 2.29. The van der Waals surface area contributed by atoms with Crippen LogP contribution in [0.5, 0.6) is 0 Å². The van der Waals surface area contributed by atoms with E-state index in [1.54, 1.807) is 0 Å². The van der Waals surface area contributed by atoms with Crippen molar-refractivity contribution >= 4 is 15.7 Å². The van der Waals surface area contributed by atoms with Gasteiger partial charge >= 0.3 is 0 Å². The minimum atomic E-state index is -4.07. The number of rotatable bonds is 8. The van der Waals surface area contributed by atoms with Crippen LogP contribution in [0.2, 0.25) is 0 Å². The van der Waals surface area contributed by atoms with Gasteiger partial charge in [0.1, 0.15) is 5.60 Å². The maximum atomic E-state index is 12.6. The number of para-hydroxylation sites is 1. The molecule has 0 spiro atoms. The molecular weight excluding hydrogens is 344 g/mol. The molecule has 0 saturated heterocycles. The summed E-state index contributed by atoms with van der Waals surface area (Å²) in [7, 11) is -2.56. The summed E-state index contributed by atoms with van der Waals surface area (Å²) in [5, 5.41) is 11.1. The van der Waals surface area contributed by atoms with Crippen molar-refractivity contribution in [1.29, 1.82) is 0 Å². The van der Waals surface area contributed by atoms with Crippen molar-refractivity contribution in [2.75, 3.05) is 13.7 Å². The van der Waals surface area contributed by atoms with Crippen LogP contribution >= 0.6 is 0 Å². The predicted molar refractivity (Wildman–Crippen MR) is 93.7 cm³/mol. The molecule has 0 bridgehead atoms. The Balaban J connectivity index is 2.33. The van der Waals surface area contributed by atoms with Crippen molar-refractivity contribution in [3.05, 3.63) is 70.3 Å². The van der Waals surface area contributed by atoms with Crippen molar-refractivity contribution in [3.63, 3.8) is 0 Å². The molecule has 25 heavy (non-hydrogen) atoms. The standard InChI is InChI=1S/C17H20N2O5S/c1-3-17(24-2,14-9-5-4-6-10-14)13-18-25(22,23)16-12-8-7-11-15(16)19(20)21/h4-12,18H,3,13H2,1-2H3. The minimum Gasteiger partial charge on any atom is -0.372 e. The fraction of sp³-hybridized carbons (Fsp3) is 0.294. The summed E-state index contributed by atoms with van der Waals surface area (Å²) in [4.78, 5) is 10.0. The van der Waals surface area contributed by atoms with Gasteiger partial charge in [-0.15, -0.1) is 0 Å². The van der Waals surface area contributed by atoms with E-state index in [2.05, 4.69) is 4.72 Å². The van der Waals surface area contributed by atoms with Gasteiger partial charge < -0.3 is 4.74 Å². The van der Waals surface area contributed by atoms with Crippen LogP contribution in [0.15, 0.2) is 59.5 Å². The van der Waals surface area contributed by atoms with Gasteiger partial charge in [0.25, 0.3) is 5.69 Å². The van der Waals surface area contributed by atoms with Gasteiger partial charge in [0.15, 0.2) is 4.90 Å². The molecule has 2 rings (SSSR count). The number of ether oxygens (including phenoxy) is 1. The lowest BCUT2D eigenvalue weighted by Crippen LogP contribution is -2.42. The van der Waals surface area contributed by atoms with Gasteiger partial charge in [0.2, 0.25) is 10.0 Å². The molecule has 0 amide bonds. The zero-order valence-corrected chi connectivity index (χ0v) is 14.8. The van der Waals surface area contributed by atoms with Crippen molar-refractivity contribution in [1.82, 2.24) is 4.72 Å². The first-order chi connectivity index (χ1) is 11.9. The first kappa shape index (κ1) is 19.0. The van der Waals surface area contributed by atoms with Gasteiger partial charge in [-0.3, -0.25) is 10.1 Å². The van der Waals surface area contributed by atoms with E-state index in [-0.39, 0.29) is 11.4 Å². The second-order valence-electron chi connectivity index (χ2n) is 5.47. The monoisotopic (exact) mass is 364 g/mol. The third kappa shape index (κ3) is 4.04. The van der Waals surface area contributed by atoms with Crippen molar-refractivity contribution in [2.24, 2.45) is 0 Å². The van der Waals surface area contributed by atoms with Gasteiger partial charge in [0.05, 0.1) is 4.92 Å². The molecule has 0 heterocycles. The van der Waals surface area contributed by atoms with Crippen LogP contribution in [-0.2, 0) is 20.4 Å². The maximum absolute atomic E-state index is 12.6. The lowest BCUT2D eigenvalue weighted by molar-refractivity contribution is -0.387. The van der Waals surface area contributed by atoms with E-state index >= 15 is 0 Å². The Morgan fingerprint density at radius 1 is 1.12 bits per heavy atom. The number of hydrogen-bond donors (Lipinski definition) is 1. The summed E-state index contributed by atoms with van der Waals surface area (Å²) in [6.45, 7) is 1.84. The van der Waals surface area contributed by atoms with Crippen LogP contribution in [0.3, 0.4) is 0 Å². The molecule has 1 unspecified atom stereocenters. The molecule has 2 aromatic rings. The van der Waals surface area contributed by atoms with Crippen LogP contribution in [0.4, 0.5) is 5.69 Å². The number of benzene rings is 2. The van der Waals surface area contributed by atoms with Crippen LogP contribution < -0.4 is 4.72 Å². The zero-order valence-electron chi connectivity index (χ0n) is 14.0. The van der Waals surface area contributed by atoms with E-state index in [9.17, 15) is 18.5 Å². The lowest BCUT2D eigenvalue weighted by atomic mass is 9.91. The summed E-state index contributed by atoms with van der Waals surface area (Å²) in [6, 6.07) is 14.5. The van der Waals surface area contributed by atoms with Gasteiger partial charge in [0, 0.05) is 19.7 Å². The fourth-order valence-electron chi connectivity index (χ4n) is 2.63. The van der Waals surface area contributed by atoms with Crippen molar-refractivity contribution in [2.45, 2.75) is 23.8 Å². The average Bonchev–Trinajstić information content (AvgIpc) is 2.64. The minimum absolute atomic E-state index is 0.0433. The van der Waals surface area contributed by atoms with Gasteiger partial charge in [-0.2, -0.15) is 0 Å². The Hall–Kier alpha value is -2.29. The Labute approximate surface area is 146 Å². The Morgan fingerprint density at radius 3 is 2.28 bits per heavy atom. The first-order valence-corrected chi connectivity index (χ1v) is 9.18. The van der Waals surface area contributed by atoms with Crippen molar-refractivity contribution in [3.8, 4) is 0 Å². The average molecular weight is 364 g/mol.